The Hall–Kier alpha value is -2.34. The zero-order valence-electron chi connectivity index (χ0n) is 13.8. The Morgan fingerprint density at radius 3 is 2.62 bits per heavy atom. The Morgan fingerprint density at radius 2 is 1.96 bits per heavy atom. The molecule has 6 nitrogen and oxygen atoms in total. The topological polar surface area (TPSA) is 59.4 Å². The number of amides is 1. The number of ether oxygens (including phenoxy) is 1. The molecule has 2 saturated heterocycles. The van der Waals surface area contributed by atoms with Gasteiger partial charge in [0.1, 0.15) is 5.75 Å². The number of benzene rings is 1. The molecule has 2 aromatic rings. The maximum atomic E-state index is 12.7. The van der Waals surface area contributed by atoms with Crippen LogP contribution >= 0.6 is 0 Å². The molecule has 0 unspecified atom stereocenters. The number of carbonyl (C=O) groups excluding carboxylic acids is 1. The van der Waals surface area contributed by atoms with Crippen molar-refractivity contribution in [2.45, 2.75) is 6.54 Å². The van der Waals surface area contributed by atoms with E-state index < -0.39 is 0 Å². The second kappa shape index (κ2) is 6.28. The minimum absolute atomic E-state index is 0.102. The molecule has 2 aliphatic rings. The van der Waals surface area contributed by atoms with Crippen LogP contribution in [-0.2, 0) is 6.54 Å². The van der Waals surface area contributed by atoms with Crippen molar-refractivity contribution in [2.24, 2.45) is 11.8 Å². The van der Waals surface area contributed by atoms with Crippen molar-refractivity contribution in [3.05, 3.63) is 47.8 Å². The maximum Gasteiger partial charge on any atom is 0.257 e. The van der Waals surface area contributed by atoms with E-state index in [4.69, 9.17) is 4.74 Å². The van der Waals surface area contributed by atoms with E-state index in [2.05, 4.69) is 10.4 Å². The van der Waals surface area contributed by atoms with Crippen LogP contribution in [0.1, 0.15) is 15.9 Å². The fourth-order valence-corrected chi connectivity index (χ4v) is 3.68. The van der Waals surface area contributed by atoms with Crippen LogP contribution in [0.25, 0.3) is 0 Å². The van der Waals surface area contributed by atoms with Gasteiger partial charge in [0, 0.05) is 32.4 Å². The molecule has 2 atom stereocenters. The Labute approximate surface area is 141 Å². The molecule has 24 heavy (non-hydrogen) atoms. The second-order valence-corrected chi connectivity index (χ2v) is 6.66. The average Bonchev–Trinajstić information content (AvgIpc) is 3.30. The molecule has 0 spiro atoms. The number of aromatic nitrogens is 2. The van der Waals surface area contributed by atoms with Gasteiger partial charge in [-0.2, -0.15) is 5.10 Å². The molecule has 0 saturated carbocycles. The first-order valence-corrected chi connectivity index (χ1v) is 8.38. The molecule has 126 valence electrons. The van der Waals surface area contributed by atoms with Gasteiger partial charge in [0.15, 0.2) is 0 Å². The predicted octanol–water partition coefficient (Wildman–Crippen LogP) is 1.23. The molecule has 4 rings (SSSR count). The predicted molar refractivity (Wildman–Crippen MR) is 90.1 cm³/mol. The number of nitrogens with one attached hydrogen (secondary N) is 1. The largest absolute Gasteiger partial charge is 0.497 e. The number of likely N-dealkylation sites (tertiary alicyclic amines) is 1. The molecule has 3 heterocycles. The normalized spacial score (nSPS) is 22.6. The van der Waals surface area contributed by atoms with E-state index in [1.54, 1.807) is 13.3 Å². The molecule has 1 aromatic carbocycles. The van der Waals surface area contributed by atoms with E-state index >= 15 is 0 Å². The first-order valence-electron chi connectivity index (χ1n) is 8.38. The maximum absolute atomic E-state index is 12.7. The first kappa shape index (κ1) is 15.2. The van der Waals surface area contributed by atoms with Crippen molar-refractivity contribution in [3.8, 4) is 5.75 Å². The third kappa shape index (κ3) is 2.89. The molecule has 2 aliphatic heterocycles. The van der Waals surface area contributed by atoms with E-state index in [0.717, 1.165) is 37.5 Å². The van der Waals surface area contributed by atoms with Crippen LogP contribution in [0.4, 0.5) is 0 Å². The zero-order chi connectivity index (χ0) is 16.5. The highest BCUT2D eigenvalue weighted by atomic mass is 16.5. The van der Waals surface area contributed by atoms with Gasteiger partial charge in [-0.1, -0.05) is 12.1 Å². The highest BCUT2D eigenvalue weighted by Gasteiger charge is 2.38. The SMILES string of the molecule is COc1ccc(Cn2cc(C(=O)N3C[C@H]4CNC[C@H]4C3)cn2)cc1. The summed E-state index contributed by atoms with van der Waals surface area (Å²) in [5, 5.41) is 7.74. The minimum atomic E-state index is 0.102. The van der Waals surface area contributed by atoms with Crippen LogP contribution in [0.3, 0.4) is 0 Å². The Morgan fingerprint density at radius 1 is 1.25 bits per heavy atom. The van der Waals surface area contributed by atoms with E-state index in [1.165, 1.54) is 0 Å². The lowest BCUT2D eigenvalue weighted by Crippen LogP contribution is -2.31. The van der Waals surface area contributed by atoms with Gasteiger partial charge in [-0.05, 0) is 29.5 Å². The molecule has 1 aromatic heterocycles. The van der Waals surface area contributed by atoms with E-state index in [1.807, 2.05) is 40.0 Å². The lowest BCUT2D eigenvalue weighted by molar-refractivity contribution is 0.0781. The summed E-state index contributed by atoms with van der Waals surface area (Å²) in [5.74, 6) is 2.17. The van der Waals surface area contributed by atoms with Gasteiger partial charge in [-0.15, -0.1) is 0 Å². The van der Waals surface area contributed by atoms with Gasteiger partial charge in [0.25, 0.3) is 5.91 Å². The lowest BCUT2D eigenvalue weighted by atomic mass is 10.0. The van der Waals surface area contributed by atoms with Gasteiger partial charge in [0.2, 0.25) is 0 Å². The van der Waals surface area contributed by atoms with Gasteiger partial charge in [0.05, 0.1) is 25.4 Å². The van der Waals surface area contributed by atoms with Crippen molar-refractivity contribution in [3.63, 3.8) is 0 Å². The number of hydrogen-bond donors (Lipinski definition) is 1. The highest BCUT2D eigenvalue weighted by molar-refractivity contribution is 5.94. The minimum Gasteiger partial charge on any atom is -0.497 e. The second-order valence-electron chi connectivity index (χ2n) is 6.66. The summed E-state index contributed by atoms with van der Waals surface area (Å²) in [4.78, 5) is 14.6. The summed E-state index contributed by atoms with van der Waals surface area (Å²) in [6.07, 6.45) is 3.52. The van der Waals surface area contributed by atoms with Crippen LogP contribution < -0.4 is 10.1 Å². The summed E-state index contributed by atoms with van der Waals surface area (Å²) in [7, 11) is 1.66. The molecule has 0 aliphatic carbocycles. The number of fused-ring (bicyclic) bond motifs is 1. The number of carbonyl (C=O) groups is 1. The fourth-order valence-electron chi connectivity index (χ4n) is 3.68. The molecule has 0 bridgehead atoms. The summed E-state index contributed by atoms with van der Waals surface area (Å²) in [6.45, 7) is 4.43. The molecule has 0 radical (unpaired) electrons. The van der Waals surface area contributed by atoms with E-state index in [0.29, 0.717) is 23.9 Å². The molecular formula is C18H22N4O2. The van der Waals surface area contributed by atoms with E-state index in [-0.39, 0.29) is 5.91 Å². The van der Waals surface area contributed by atoms with Gasteiger partial charge < -0.3 is 15.0 Å². The van der Waals surface area contributed by atoms with Crippen LogP contribution in [0, 0.1) is 11.8 Å². The summed E-state index contributed by atoms with van der Waals surface area (Å²) >= 11 is 0. The van der Waals surface area contributed by atoms with Crippen LogP contribution in [0.5, 0.6) is 5.75 Å². The lowest BCUT2D eigenvalue weighted by Gasteiger charge is -2.16. The summed E-state index contributed by atoms with van der Waals surface area (Å²) < 4.78 is 6.98. The molecule has 2 fully saturated rings. The van der Waals surface area contributed by atoms with Crippen molar-refractivity contribution in [1.29, 1.82) is 0 Å². The number of nitrogens with zero attached hydrogens (tertiary/aromatic N) is 3. The monoisotopic (exact) mass is 326 g/mol. The van der Waals surface area contributed by atoms with Gasteiger partial charge in [-0.3, -0.25) is 9.48 Å². The van der Waals surface area contributed by atoms with Crippen LogP contribution in [0.15, 0.2) is 36.7 Å². The van der Waals surface area contributed by atoms with Crippen molar-refractivity contribution in [2.75, 3.05) is 33.3 Å². The number of hydrogen-bond acceptors (Lipinski definition) is 4. The Balaban J connectivity index is 1.41. The van der Waals surface area contributed by atoms with Gasteiger partial charge >= 0.3 is 0 Å². The Kier molecular flexibility index (Phi) is 3.98. The van der Waals surface area contributed by atoms with E-state index in [9.17, 15) is 4.79 Å². The highest BCUT2D eigenvalue weighted by Crippen LogP contribution is 2.27. The number of methoxy groups -OCH3 is 1. The third-order valence-electron chi connectivity index (χ3n) is 5.06. The quantitative estimate of drug-likeness (QED) is 0.918. The van der Waals surface area contributed by atoms with Crippen molar-refractivity contribution < 1.29 is 9.53 Å². The molecule has 1 amide bonds. The third-order valence-corrected chi connectivity index (χ3v) is 5.06. The Bertz CT molecular complexity index is 713. The average molecular weight is 326 g/mol. The zero-order valence-corrected chi connectivity index (χ0v) is 13.8. The fraction of sp³-hybridized carbons (Fsp3) is 0.444. The summed E-state index contributed by atoms with van der Waals surface area (Å²) in [6, 6.07) is 7.89. The standard InChI is InChI=1S/C18H22N4O2/c1-24-17-4-2-13(3-5-17)9-22-12-16(8-20-22)18(23)21-10-14-6-19-7-15(14)11-21/h2-5,8,12,14-15,19H,6-7,9-11H2,1H3/t14-,15+. The molecule has 1 N–H and O–H groups in total. The summed E-state index contributed by atoms with van der Waals surface area (Å²) in [5.41, 5.74) is 1.80. The van der Waals surface area contributed by atoms with Crippen LogP contribution in [-0.4, -0.2) is 53.9 Å². The van der Waals surface area contributed by atoms with Crippen LogP contribution in [0.2, 0.25) is 0 Å². The number of rotatable bonds is 4. The first-order chi connectivity index (χ1) is 11.7. The van der Waals surface area contributed by atoms with Crippen molar-refractivity contribution >= 4 is 5.91 Å². The smallest absolute Gasteiger partial charge is 0.257 e. The molecule has 6 heteroatoms. The molecular weight excluding hydrogens is 304 g/mol. The van der Waals surface area contributed by atoms with Crippen molar-refractivity contribution in [1.82, 2.24) is 20.0 Å². The van der Waals surface area contributed by atoms with Gasteiger partial charge in [-0.25, -0.2) is 0 Å².